The van der Waals surface area contributed by atoms with Crippen molar-refractivity contribution in [1.82, 2.24) is 9.88 Å². The van der Waals surface area contributed by atoms with Crippen LogP contribution in [0.5, 0.6) is 0 Å². The number of aromatic nitrogens is 1. The average molecular weight is 279 g/mol. The molecule has 2 unspecified atom stereocenters. The molecule has 0 aliphatic carbocycles. The van der Waals surface area contributed by atoms with E-state index in [1.165, 1.54) is 0 Å². The van der Waals surface area contributed by atoms with Crippen molar-refractivity contribution in [3.63, 3.8) is 0 Å². The van der Waals surface area contributed by atoms with Gasteiger partial charge in [-0.3, -0.25) is 4.79 Å². The fourth-order valence-corrected chi connectivity index (χ4v) is 3.66. The number of anilines is 1. The molecule has 0 bridgehead atoms. The van der Waals surface area contributed by atoms with E-state index in [0.29, 0.717) is 16.2 Å². The highest BCUT2D eigenvalue weighted by molar-refractivity contribution is 8.00. The largest absolute Gasteiger partial charge is 0.370 e. The summed E-state index contributed by atoms with van der Waals surface area (Å²) in [5.74, 6) is 0.805. The van der Waals surface area contributed by atoms with Crippen LogP contribution in [-0.2, 0) is 0 Å². The first-order chi connectivity index (χ1) is 9.10. The molecule has 0 spiro atoms. The SMILES string of the molecule is CCNc1cccc(C(=O)N2CC(C)SC(C)C2)n1. The van der Waals surface area contributed by atoms with Crippen LogP contribution in [0.15, 0.2) is 18.2 Å². The number of hydrogen-bond acceptors (Lipinski definition) is 4. The molecule has 1 aliphatic heterocycles. The Labute approximate surface area is 119 Å². The van der Waals surface area contributed by atoms with Gasteiger partial charge in [-0.25, -0.2) is 4.98 Å². The first-order valence-corrected chi connectivity index (χ1v) is 7.70. The minimum Gasteiger partial charge on any atom is -0.370 e. The van der Waals surface area contributed by atoms with E-state index < -0.39 is 0 Å². The Hall–Kier alpha value is -1.23. The van der Waals surface area contributed by atoms with Gasteiger partial charge in [0.05, 0.1) is 0 Å². The highest BCUT2D eigenvalue weighted by Gasteiger charge is 2.27. The molecular formula is C14H21N3OS. The van der Waals surface area contributed by atoms with Gasteiger partial charge in [0.1, 0.15) is 11.5 Å². The van der Waals surface area contributed by atoms with Crippen LogP contribution >= 0.6 is 11.8 Å². The van der Waals surface area contributed by atoms with Crippen LogP contribution in [0.2, 0.25) is 0 Å². The lowest BCUT2D eigenvalue weighted by atomic mass is 10.2. The molecule has 104 valence electrons. The van der Waals surface area contributed by atoms with Gasteiger partial charge >= 0.3 is 0 Å². The highest BCUT2D eigenvalue weighted by Crippen LogP contribution is 2.25. The summed E-state index contributed by atoms with van der Waals surface area (Å²) in [5, 5.41) is 4.12. The Kier molecular flexibility index (Phi) is 4.69. The number of rotatable bonds is 3. The predicted molar refractivity (Wildman–Crippen MR) is 80.8 cm³/mol. The Morgan fingerprint density at radius 2 is 2.11 bits per heavy atom. The molecule has 1 fully saturated rings. The third-order valence-corrected chi connectivity index (χ3v) is 4.26. The molecule has 4 nitrogen and oxygen atoms in total. The van der Waals surface area contributed by atoms with E-state index >= 15 is 0 Å². The van der Waals surface area contributed by atoms with Crippen molar-refractivity contribution in [2.75, 3.05) is 25.0 Å². The summed E-state index contributed by atoms with van der Waals surface area (Å²) in [6, 6.07) is 5.56. The Morgan fingerprint density at radius 3 is 2.74 bits per heavy atom. The van der Waals surface area contributed by atoms with Gasteiger partial charge in [0, 0.05) is 30.1 Å². The minimum absolute atomic E-state index is 0.0405. The van der Waals surface area contributed by atoms with Gasteiger partial charge in [-0.05, 0) is 19.1 Å². The van der Waals surface area contributed by atoms with E-state index in [1.54, 1.807) is 6.07 Å². The number of pyridine rings is 1. The Balaban J connectivity index is 2.12. The second-order valence-corrected chi connectivity index (χ2v) is 6.79. The summed E-state index contributed by atoms with van der Waals surface area (Å²) in [6.45, 7) is 8.77. The Bertz CT molecular complexity index is 442. The number of thioether (sulfide) groups is 1. The minimum atomic E-state index is 0.0405. The monoisotopic (exact) mass is 279 g/mol. The molecule has 1 N–H and O–H groups in total. The lowest BCUT2D eigenvalue weighted by molar-refractivity contribution is 0.0747. The number of hydrogen-bond donors (Lipinski definition) is 1. The van der Waals surface area contributed by atoms with Gasteiger partial charge < -0.3 is 10.2 Å². The van der Waals surface area contributed by atoms with E-state index in [-0.39, 0.29) is 5.91 Å². The zero-order valence-electron chi connectivity index (χ0n) is 11.7. The summed E-state index contributed by atoms with van der Waals surface area (Å²) in [4.78, 5) is 18.8. The second kappa shape index (κ2) is 6.28. The van der Waals surface area contributed by atoms with E-state index in [0.717, 1.165) is 25.5 Å². The maximum Gasteiger partial charge on any atom is 0.272 e. The van der Waals surface area contributed by atoms with Crippen LogP contribution in [0.1, 0.15) is 31.3 Å². The van der Waals surface area contributed by atoms with Crippen molar-refractivity contribution >= 4 is 23.5 Å². The standard InChI is InChI=1S/C14H21N3OS/c1-4-15-13-7-5-6-12(16-13)14(18)17-8-10(2)19-11(3)9-17/h5-7,10-11H,4,8-9H2,1-3H3,(H,15,16). The number of carbonyl (C=O) groups excluding carboxylic acids is 1. The van der Waals surface area contributed by atoms with Gasteiger partial charge in [-0.2, -0.15) is 11.8 Å². The molecule has 19 heavy (non-hydrogen) atoms. The van der Waals surface area contributed by atoms with Crippen molar-refractivity contribution in [3.05, 3.63) is 23.9 Å². The van der Waals surface area contributed by atoms with Crippen molar-refractivity contribution in [3.8, 4) is 0 Å². The third kappa shape index (κ3) is 3.62. The van der Waals surface area contributed by atoms with Crippen molar-refractivity contribution in [1.29, 1.82) is 0 Å². The van der Waals surface area contributed by atoms with Gasteiger partial charge in [0.2, 0.25) is 0 Å². The van der Waals surface area contributed by atoms with Gasteiger partial charge in [-0.1, -0.05) is 19.9 Å². The molecule has 1 aromatic heterocycles. The molecule has 0 radical (unpaired) electrons. The number of nitrogens with zero attached hydrogens (tertiary/aromatic N) is 2. The summed E-state index contributed by atoms with van der Waals surface area (Å²) in [5.41, 5.74) is 0.532. The molecular weight excluding hydrogens is 258 g/mol. The van der Waals surface area contributed by atoms with Crippen molar-refractivity contribution in [2.45, 2.75) is 31.3 Å². The lowest BCUT2D eigenvalue weighted by Gasteiger charge is -2.34. The highest BCUT2D eigenvalue weighted by atomic mass is 32.2. The molecule has 2 rings (SSSR count). The maximum atomic E-state index is 12.5. The molecule has 1 saturated heterocycles. The van der Waals surface area contributed by atoms with E-state index in [9.17, 15) is 4.79 Å². The summed E-state index contributed by atoms with van der Waals surface area (Å²) < 4.78 is 0. The summed E-state index contributed by atoms with van der Waals surface area (Å²) in [7, 11) is 0. The lowest BCUT2D eigenvalue weighted by Crippen LogP contribution is -2.44. The smallest absolute Gasteiger partial charge is 0.272 e. The van der Waals surface area contributed by atoms with E-state index in [1.807, 2.05) is 35.7 Å². The number of nitrogens with one attached hydrogen (secondary N) is 1. The van der Waals surface area contributed by atoms with E-state index in [4.69, 9.17) is 0 Å². The van der Waals surface area contributed by atoms with Gasteiger partial charge in [0.25, 0.3) is 5.91 Å². The third-order valence-electron chi connectivity index (χ3n) is 3.03. The summed E-state index contributed by atoms with van der Waals surface area (Å²) in [6.07, 6.45) is 0. The van der Waals surface area contributed by atoms with Crippen LogP contribution in [0.4, 0.5) is 5.82 Å². The molecule has 1 aliphatic rings. The van der Waals surface area contributed by atoms with Crippen molar-refractivity contribution < 1.29 is 4.79 Å². The van der Waals surface area contributed by atoms with Gasteiger partial charge in [0.15, 0.2) is 0 Å². The quantitative estimate of drug-likeness (QED) is 0.923. The normalized spacial score (nSPS) is 23.2. The molecule has 1 aromatic rings. The fraction of sp³-hybridized carbons (Fsp3) is 0.571. The predicted octanol–water partition coefficient (Wildman–Crippen LogP) is 2.48. The van der Waals surface area contributed by atoms with Crippen LogP contribution < -0.4 is 5.32 Å². The van der Waals surface area contributed by atoms with Crippen LogP contribution in [-0.4, -0.2) is 45.9 Å². The molecule has 5 heteroatoms. The molecule has 2 atom stereocenters. The van der Waals surface area contributed by atoms with Crippen LogP contribution in [0.25, 0.3) is 0 Å². The second-order valence-electron chi connectivity index (χ2n) is 4.91. The van der Waals surface area contributed by atoms with Crippen LogP contribution in [0, 0.1) is 0 Å². The van der Waals surface area contributed by atoms with Crippen LogP contribution in [0.3, 0.4) is 0 Å². The molecule has 0 saturated carbocycles. The molecule has 1 amide bonds. The van der Waals surface area contributed by atoms with E-state index in [2.05, 4.69) is 24.1 Å². The number of carbonyl (C=O) groups is 1. The zero-order valence-corrected chi connectivity index (χ0v) is 12.5. The average Bonchev–Trinajstić information content (AvgIpc) is 2.37. The molecule has 0 aromatic carbocycles. The topological polar surface area (TPSA) is 45.2 Å². The fourth-order valence-electron chi connectivity index (χ4n) is 2.34. The number of amides is 1. The first kappa shape index (κ1) is 14.2. The zero-order chi connectivity index (χ0) is 13.8. The van der Waals surface area contributed by atoms with Crippen molar-refractivity contribution in [2.24, 2.45) is 0 Å². The molecule has 2 heterocycles. The maximum absolute atomic E-state index is 12.5. The first-order valence-electron chi connectivity index (χ1n) is 6.75. The Morgan fingerprint density at radius 1 is 1.42 bits per heavy atom. The summed E-state index contributed by atoms with van der Waals surface area (Å²) >= 11 is 1.94. The van der Waals surface area contributed by atoms with Gasteiger partial charge in [-0.15, -0.1) is 0 Å².